The molecule has 0 spiro atoms. The van der Waals surface area contributed by atoms with Crippen LogP contribution in [-0.4, -0.2) is 66.6 Å². The van der Waals surface area contributed by atoms with E-state index in [1.54, 1.807) is 30.9 Å². The topological polar surface area (TPSA) is 125 Å². The maximum absolute atomic E-state index is 13.2. The Kier molecular flexibility index (Phi) is 6.93. The average Bonchev–Trinajstić information content (AvgIpc) is 3.63. The number of halogens is 1. The molecule has 3 aromatic heterocycles. The summed E-state index contributed by atoms with van der Waals surface area (Å²) in [4.78, 5) is 40.1. The monoisotopic (exact) mass is 521 g/mol. The molecular weight excluding hydrogens is 497 g/mol. The van der Waals surface area contributed by atoms with Crippen LogP contribution in [0.3, 0.4) is 0 Å². The molecule has 0 radical (unpaired) electrons. The fourth-order valence-electron chi connectivity index (χ4n) is 4.24. The van der Waals surface area contributed by atoms with Crippen LogP contribution < -0.4 is 10.6 Å². The fraction of sp³-hybridized carbons (Fsp3) is 0.240. The normalized spacial score (nSPS) is 17.2. The molecule has 1 aromatic carbocycles. The lowest BCUT2D eigenvalue weighted by Gasteiger charge is -2.22. The first-order chi connectivity index (χ1) is 17.9. The van der Waals surface area contributed by atoms with E-state index in [1.165, 1.54) is 28.4 Å². The van der Waals surface area contributed by atoms with Gasteiger partial charge in [0.2, 0.25) is 11.8 Å². The van der Waals surface area contributed by atoms with Crippen LogP contribution in [0.5, 0.6) is 0 Å². The van der Waals surface area contributed by atoms with Gasteiger partial charge in [-0.3, -0.25) is 9.59 Å². The third-order valence-corrected chi connectivity index (χ3v) is 7.03. The van der Waals surface area contributed by atoms with Gasteiger partial charge in [0.25, 0.3) is 0 Å². The number of aromatic nitrogens is 4. The van der Waals surface area contributed by atoms with E-state index in [9.17, 15) is 19.1 Å². The molecule has 0 unspecified atom stereocenters. The number of fused-ring (bicyclic) bond motifs is 1. The van der Waals surface area contributed by atoms with Crippen LogP contribution in [0.25, 0.3) is 21.5 Å². The van der Waals surface area contributed by atoms with Crippen molar-refractivity contribution < 1.29 is 19.1 Å². The highest BCUT2D eigenvalue weighted by molar-refractivity contribution is 7.18. The summed E-state index contributed by atoms with van der Waals surface area (Å²) in [6.45, 7) is 4.33. The molecule has 1 aliphatic rings. The maximum atomic E-state index is 13.2. The van der Waals surface area contributed by atoms with Crippen LogP contribution in [0.15, 0.2) is 61.7 Å². The minimum Gasteiger partial charge on any atom is -0.391 e. The Morgan fingerprint density at radius 1 is 1.22 bits per heavy atom. The van der Waals surface area contributed by atoms with Crippen molar-refractivity contribution >= 4 is 45.1 Å². The van der Waals surface area contributed by atoms with Gasteiger partial charge in [0.05, 0.1) is 29.0 Å². The molecule has 12 heteroatoms. The quantitative estimate of drug-likeness (QED) is 0.305. The Balaban J connectivity index is 1.23. The third kappa shape index (κ3) is 5.34. The van der Waals surface area contributed by atoms with E-state index in [1.807, 2.05) is 10.6 Å². The highest BCUT2D eigenvalue weighted by Crippen LogP contribution is 2.31. The van der Waals surface area contributed by atoms with E-state index in [0.29, 0.717) is 29.6 Å². The summed E-state index contributed by atoms with van der Waals surface area (Å²) in [5, 5.41) is 16.6. The van der Waals surface area contributed by atoms with Crippen LogP contribution in [0.4, 0.5) is 15.3 Å². The molecule has 190 valence electrons. The van der Waals surface area contributed by atoms with Crippen LogP contribution in [0, 0.1) is 5.82 Å². The Morgan fingerprint density at radius 3 is 2.81 bits per heavy atom. The van der Waals surface area contributed by atoms with Crippen LogP contribution in [-0.2, 0) is 16.1 Å². The summed E-state index contributed by atoms with van der Waals surface area (Å²) in [7, 11) is 0. The van der Waals surface area contributed by atoms with Gasteiger partial charge in [-0.25, -0.2) is 19.3 Å². The van der Waals surface area contributed by atoms with Gasteiger partial charge in [-0.2, -0.15) is 0 Å². The number of hydrogen-bond donors (Lipinski definition) is 3. The van der Waals surface area contributed by atoms with Gasteiger partial charge in [-0.05, 0) is 23.8 Å². The molecule has 37 heavy (non-hydrogen) atoms. The first-order valence-electron chi connectivity index (χ1n) is 11.6. The van der Waals surface area contributed by atoms with Crippen molar-refractivity contribution in [1.82, 2.24) is 29.7 Å². The van der Waals surface area contributed by atoms with E-state index in [0.717, 1.165) is 22.0 Å². The standard InChI is InChI=1S/C25H24FN7O3S/c1-2-23(35)33-13-17(34)9-20(33)24(36)27-7-8-32-14-30-18-11-28-22(10-19(18)32)31-25-29-12-21(37-25)15-3-5-16(26)6-4-15/h2-6,10-12,14,17,20,34H,1,7-9,13H2,(H,27,36)(H,28,29,31)/t17-,20+/m1/s1. The third-order valence-electron chi connectivity index (χ3n) is 6.07. The molecule has 1 saturated heterocycles. The van der Waals surface area contributed by atoms with Gasteiger partial charge < -0.3 is 25.2 Å². The van der Waals surface area contributed by atoms with Crippen LogP contribution in [0.2, 0.25) is 0 Å². The highest BCUT2D eigenvalue weighted by Gasteiger charge is 2.37. The lowest BCUT2D eigenvalue weighted by molar-refractivity contribution is -0.135. The van der Waals surface area contributed by atoms with Gasteiger partial charge in [0, 0.05) is 38.3 Å². The zero-order valence-electron chi connectivity index (χ0n) is 19.7. The summed E-state index contributed by atoms with van der Waals surface area (Å²) in [5.74, 6) is -0.407. The Bertz CT molecular complexity index is 1450. The van der Waals surface area contributed by atoms with E-state index in [2.05, 4.69) is 32.2 Å². The number of likely N-dealkylation sites (tertiary alicyclic amines) is 1. The van der Waals surface area contributed by atoms with Crippen LogP contribution >= 0.6 is 11.3 Å². The van der Waals surface area contributed by atoms with Crippen molar-refractivity contribution in [3.05, 3.63) is 67.5 Å². The van der Waals surface area contributed by atoms with Crippen molar-refractivity contribution in [2.24, 2.45) is 0 Å². The summed E-state index contributed by atoms with van der Waals surface area (Å²) in [6.07, 6.45) is 5.65. The first-order valence-corrected chi connectivity index (χ1v) is 12.4. The number of anilines is 2. The summed E-state index contributed by atoms with van der Waals surface area (Å²) in [6, 6.07) is 7.36. The fourth-order valence-corrected chi connectivity index (χ4v) is 5.07. The van der Waals surface area contributed by atoms with Crippen molar-refractivity contribution in [3.63, 3.8) is 0 Å². The molecule has 4 heterocycles. The summed E-state index contributed by atoms with van der Waals surface area (Å²) < 4.78 is 15.1. The number of nitrogens with one attached hydrogen (secondary N) is 2. The van der Waals surface area contributed by atoms with Crippen molar-refractivity contribution in [2.75, 3.05) is 18.4 Å². The Labute approximate surface area is 215 Å². The van der Waals surface area contributed by atoms with Gasteiger partial charge in [-0.15, -0.1) is 0 Å². The van der Waals surface area contributed by atoms with Gasteiger partial charge in [0.1, 0.15) is 23.2 Å². The molecule has 0 aliphatic carbocycles. The largest absolute Gasteiger partial charge is 0.391 e. The number of nitrogens with zero attached hydrogens (tertiary/aromatic N) is 5. The predicted octanol–water partition coefficient (Wildman–Crippen LogP) is 2.70. The number of imidazole rings is 1. The number of aliphatic hydroxyl groups excluding tert-OH is 1. The molecule has 0 saturated carbocycles. The molecule has 5 rings (SSSR count). The van der Waals surface area contributed by atoms with Crippen molar-refractivity contribution in [3.8, 4) is 10.4 Å². The van der Waals surface area contributed by atoms with Crippen molar-refractivity contribution in [2.45, 2.75) is 25.1 Å². The zero-order valence-corrected chi connectivity index (χ0v) is 20.5. The second kappa shape index (κ2) is 10.4. The number of amides is 2. The Hall–Kier alpha value is -4.16. The zero-order chi connectivity index (χ0) is 25.9. The Morgan fingerprint density at radius 2 is 2.03 bits per heavy atom. The molecular formula is C25H24FN7O3S. The minimum atomic E-state index is -0.736. The smallest absolute Gasteiger partial charge is 0.246 e. The van der Waals surface area contributed by atoms with E-state index in [-0.39, 0.29) is 30.6 Å². The summed E-state index contributed by atoms with van der Waals surface area (Å²) >= 11 is 1.42. The number of pyridine rings is 1. The number of carbonyl (C=O) groups is 2. The average molecular weight is 522 g/mol. The molecule has 2 atom stereocenters. The highest BCUT2D eigenvalue weighted by atomic mass is 32.1. The first kappa shape index (κ1) is 24.5. The number of thiazole rings is 1. The van der Waals surface area contributed by atoms with E-state index >= 15 is 0 Å². The molecule has 4 aromatic rings. The predicted molar refractivity (Wildman–Crippen MR) is 138 cm³/mol. The lowest BCUT2D eigenvalue weighted by Crippen LogP contribution is -2.46. The molecule has 1 fully saturated rings. The second-order valence-corrected chi connectivity index (χ2v) is 9.58. The van der Waals surface area contributed by atoms with E-state index < -0.39 is 12.1 Å². The van der Waals surface area contributed by atoms with Gasteiger partial charge in [0.15, 0.2) is 5.13 Å². The van der Waals surface area contributed by atoms with Crippen molar-refractivity contribution in [1.29, 1.82) is 0 Å². The molecule has 3 N–H and O–H groups in total. The summed E-state index contributed by atoms with van der Waals surface area (Å²) in [5.41, 5.74) is 2.39. The van der Waals surface area contributed by atoms with E-state index in [4.69, 9.17) is 0 Å². The number of rotatable bonds is 8. The SMILES string of the molecule is C=CC(=O)N1C[C@H](O)C[C@H]1C(=O)NCCn1cnc2cnc(Nc3ncc(-c4ccc(F)cc4)s3)cc21. The lowest BCUT2D eigenvalue weighted by atomic mass is 10.2. The minimum absolute atomic E-state index is 0.113. The second-order valence-electron chi connectivity index (χ2n) is 8.55. The molecule has 10 nitrogen and oxygen atoms in total. The number of β-amino-alcohol motifs (C(OH)–C–C–N with tert-alkyl or cyclic N) is 1. The van der Waals surface area contributed by atoms with Crippen LogP contribution in [0.1, 0.15) is 6.42 Å². The molecule has 1 aliphatic heterocycles. The number of carbonyl (C=O) groups excluding carboxylic acids is 2. The molecule has 2 amide bonds. The maximum Gasteiger partial charge on any atom is 0.246 e. The van der Waals surface area contributed by atoms with Gasteiger partial charge >= 0.3 is 0 Å². The van der Waals surface area contributed by atoms with Gasteiger partial charge in [-0.1, -0.05) is 30.0 Å². The number of aliphatic hydroxyl groups is 1. The number of hydrogen-bond acceptors (Lipinski definition) is 8. The molecule has 0 bridgehead atoms. The number of benzene rings is 1.